The first-order chi connectivity index (χ1) is 20.9. The van der Waals surface area contributed by atoms with E-state index in [-0.39, 0.29) is 17.1 Å². The van der Waals surface area contributed by atoms with Crippen molar-refractivity contribution < 1.29 is 19.4 Å². The first kappa shape index (κ1) is 28.8. The maximum absolute atomic E-state index is 13.1. The van der Waals surface area contributed by atoms with Gasteiger partial charge >= 0.3 is 0 Å². The smallest absolute Gasteiger partial charge is 0.263 e. The second-order valence-electron chi connectivity index (χ2n) is 11.4. The van der Waals surface area contributed by atoms with Crippen molar-refractivity contribution in [3.05, 3.63) is 54.5 Å². The summed E-state index contributed by atoms with van der Waals surface area (Å²) < 4.78 is 13.2. The Morgan fingerprint density at radius 1 is 0.977 bits per heavy atom. The first-order valence-electron chi connectivity index (χ1n) is 14.8. The van der Waals surface area contributed by atoms with Crippen LogP contribution >= 0.6 is 0 Å². The van der Waals surface area contributed by atoms with Gasteiger partial charge in [0.25, 0.3) is 5.91 Å². The van der Waals surface area contributed by atoms with Gasteiger partial charge in [0, 0.05) is 50.0 Å². The monoisotopic (exact) mass is 585 g/mol. The number of nitrogen functional groups attached to an aromatic ring is 1. The van der Waals surface area contributed by atoms with Crippen LogP contribution in [0.1, 0.15) is 42.1 Å². The summed E-state index contributed by atoms with van der Waals surface area (Å²) in [7, 11) is 5.20. The normalized spacial score (nSPS) is 19.8. The Hall–Kier alpha value is -4.35. The molecule has 1 saturated heterocycles. The number of aromatic hydroxyl groups is 1. The van der Waals surface area contributed by atoms with Gasteiger partial charge in [-0.05, 0) is 62.6 Å². The van der Waals surface area contributed by atoms with Crippen LogP contribution in [0.25, 0.3) is 22.2 Å². The number of likely N-dealkylation sites (N-methyl/N-ethyl adjacent to an activating group) is 1. The third-order valence-electron chi connectivity index (χ3n) is 8.96. The average molecular weight is 586 g/mol. The van der Waals surface area contributed by atoms with E-state index in [4.69, 9.17) is 15.2 Å². The van der Waals surface area contributed by atoms with Crippen molar-refractivity contribution in [2.75, 3.05) is 58.5 Å². The lowest BCUT2D eigenvalue weighted by Gasteiger charge is -2.41. The van der Waals surface area contributed by atoms with E-state index >= 15 is 0 Å². The lowest BCUT2D eigenvalue weighted by atomic mass is 9.89. The van der Waals surface area contributed by atoms with Crippen molar-refractivity contribution in [2.24, 2.45) is 0 Å². The number of piperazine rings is 1. The van der Waals surface area contributed by atoms with Gasteiger partial charge in [-0.25, -0.2) is 9.97 Å². The maximum Gasteiger partial charge on any atom is 0.263 e. The molecule has 0 spiro atoms. The molecule has 0 radical (unpaired) electrons. The van der Waals surface area contributed by atoms with Crippen LogP contribution in [0, 0.1) is 0 Å². The molecule has 2 aliphatic rings. The minimum atomic E-state index is -0.512. The zero-order chi connectivity index (χ0) is 30.1. The van der Waals surface area contributed by atoms with Gasteiger partial charge < -0.3 is 35.1 Å². The highest BCUT2D eigenvalue weighted by Crippen LogP contribution is 2.41. The summed E-state index contributed by atoms with van der Waals surface area (Å²) in [4.78, 5) is 27.2. The van der Waals surface area contributed by atoms with Gasteiger partial charge in [0.15, 0.2) is 0 Å². The van der Waals surface area contributed by atoms with Crippen LogP contribution < -0.4 is 20.5 Å². The third kappa shape index (κ3) is 5.57. The molecule has 43 heavy (non-hydrogen) atoms. The number of phenols is 1. The number of anilines is 2. The van der Waals surface area contributed by atoms with Gasteiger partial charge in [-0.15, -0.1) is 0 Å². The van der Waals surface area contributed by atoms with Crippen LogP contribution in [0.2, 0.25) is 0 Å². The number of hydrogen-bond donors (Lipinski definition) is 3. The predicted molar refractivity (Wildman–Crippen MR) is 167 cm³/mol. The van der Waals surface area contributed by atoms with E-state index in [1.54, 1.807) is 25.3 Å². The highest BCUT2D eigenvalue weighted by Gasteiger charge is 2.30. The van der Waals surface area contributed by atoms with Gasteiger partial charge in [-0.3, -0.25) is 9.69 Å². The molecule has 1 amide bonds. The molecule has 1 aliphatic carbocycles. The van der Waals surface area contributed by atoms with E-state index in [0.717, 1.165) is 74.0 Å². The molecule has 0 atom stereocenters. The minimum absolute atomic E-state index is 0.0477. The van der Waals surface area contributed by atoms with Gasteiger partial charge in [-0.1, -0.05) is 12.1 Å². The van der Waals surface area contributed by atoms with Gasteiger partial charge in [0.2, 0.25) is 0 Å². The number of aromatic nitrogens is 3. The molecule has 4 N–H and O–H groups in total. The summed E-state index contributed by atoms with van der Waals surface area (Å²) in [5, 5.41) is 14.0. The summed E-state index contributed by atoms with van der Waals surface area (Å²) in [6.45, 7) is 4.56. The van der Waals surface area contributed by atoms with Crippen LogP contribution in [0.4, 0.5) is 11.5 Å². The number of hydrogen-bond acceptors (Lipinski definition) is 9. The van der Waals surface area contributed by atoms with E-state index in [1.807, 2.05) is 12.1 Å². The molecular formula is C32H39N7O4. The fourth-order valence-corrected chi connectivity index (χ4v) is 6.56. The average Bonchev–Trinajstić information content (AvgIpc) is 3.42. The van der Waals surface area contributed by atoms with Crippen molar-refractivity contribution in [3.8, 4) is 28.4 Å². The number of fused-ring (bicyclic) bond motifs is 1. The predicted octanol–water partition coefficient (Wildman–Crippen LogP) is 4.39. The molecule has 1 aliphatic heterocycles. The number of rotatable bonds is 7. The molecule has 11 nitrogen and oxygen atoms in total. The Balaban J connectivity index is 1.27. The van der Waals surface area contributed by atoms with Crippen LogP contribution in [0.3, 0.4) is 0 Å². The standard InChI is InChI=1S/C32H39N7O4/c1-37-13-15-38(16-14-37)21-8-10-22(11-9-21)39-18-23(28-30(33)34-19-35-31(28)39)20-7-12-24(27(17-20)43-3)36-32(41)29-25(40)5-4-6-26(29)42-2/h4-7,12,17-19,21-22,40H,8-11,13-16H2,1-3H3,(H,36,41)(H2,33,34,35). The van der Waals surface area contributed by atoms with Crippen molar-refractivity contribution in [1.29, 1.82) is 0 Å². The fourth-order valence-electron chi connectivity index (χ4n) is 6.56. The molecule has 6 rings (SSSR count). The molecule has 2 fully saturated rings. The molecule has 1 saturated carbocycles. The number of benzene rings is 2. The first-order valence-corrected chi connectivity index (χ1v) is 14.8. The summed E-state index contributed by atoms with van der Waals surface area (Å²) in [6, 6.07) is 11.2. The zero-order valence-corrected chi connectivity index (χ0v) is 24.9. The largest absolute Gasteiger partial charge is 0.507 e. The van der Waals surface area contributed by atoms with E-state index in [2.05, 4.69) is 42.9 Å². The number of carbonyl (C=O) groups is 1. The van der Waals surface area contributed by atoms with Crippen LogP contribution in [0.15, 0.2) is 48.9 Å². The molecule has 0 bridgehead atoms. The molecule has 11 heteroatoms. The van der Waals surface area contributed by atoms with Crippen LogP contribution in [-0.4, -0.2) is 88.8 Å². The summed E-state index contributed by atoms with van der Waals surface area (Å²) in [5.74, 6) is 0.474. The maximum atomic E-state index is 13.1. The van der Waals surface area contributed by atoms with Crippen LogP contribution in [0.5, 0.6) is 17.2 Å². The number of nitrogens with two attached hydrogens (primary N) is 1. The molecule has 0 unspecified atom stereocenters. The van der Waals surface area contributed by atoms with E-state index in [0.29, 0.717) is 29.3 Å². The summed E-state index contributed by atoms with van der Waals surface area (Å²) >= 11 is 0. The second kappa shape index (κ2) is 12.1. The lowest BCUT2D eigenvalue weighted by Crippen LogP contribution is -2.49. The highest BCUT2D eigenvalue weighted by atomic mass is 16.5. The Bertz CT molecular complexity index is 1620. The third-order valence-corrected chi connectivity index (χ3v) is 8.96. The van der Waals surface area contributed by atoms with Crippen LogP contribution in [-0.2, 0) is 0 Å². The van der Waals surface area contributed by atoms with Gasteiger partial charge in [-0.2, -0.15) is 0 Å². The number of amides is 1. The molecule has 2 aromatic carbocycles. The van der Waals surface area contributed by atoms with E-state index in [1.165, 1.54) is 19.5 Å². The fraction of sp³-hybridized carbons (Fsp3) is 0.406. The number of nitrogens with zero attached hydrogens (tertiary/aromatic N) is 5. The SMILES string of the molecule is COc1cc(-c2cn(C3CCC(N4CCN(C)CC4)CC3)c3ncnc(N)c23)ccc1NC(=O)c1c(O)cccc1OC. The zero-order valence-electron chi connectivity index (χ0n) is 24.9. The van der Waals surface area contributed by atoms with Crippen molar-refractivity contribution in [2.45, 2.75) is 37.8 Å². The second-order valence-corrected chi connectivity index (χ2v) is 11.4. The Kier molecular flexibility index (Phi) is 8.09. The minimum Gasteiger partial charge on any atom is -0.507 e. The van der Waals surface area contributed by atoms with Gasteiger partial charge in [0.05, 0.1) is 25.3 Å². The number of methoxy groups -OCH3 is 2. The molecular weight excluding hydrogens is 546 g/mol. The van der Waals surface area contributed by atoms with E-state index in [9.17, 15) is 9.90 Å². The number of phenolic OH excluding ortho intramolecular Hbond substituents is 1. The highest BCUT2D eigenvalue weighted by molar-refractivity contribution is 6.09. The topological polar surface area (TPSA) is 131 Å². The number of carbonyl (C=O) groups excluding carboxylic acids is 1. The molecule has 2 aromatic heterocycles. The summed E-state index contributed by atoms with van der Waals surface area (Å²) in [6.07, 6.45) is 8.14. The molecule has 3 heterocycles. The lowest BCUT2D eigenvalue weighted by molar-refractivity contribution is 0.0828. The number of nitrogens with one attached hydrogen (secondary N) is 1. The van der Waals surface area contributed by atoms with Crippen molar-refractivity contribution >= 4 is 28.4 Å². The summed E-state index contributed by atoms with van der Waals surface area (Å²) in [5.41, 5.74) is 9.55. The Morgan fingerprint density at radius 2 is 1.70 bits per heavy atom. The molecule has 226 valence electrons. The van der Waals surface area contributed by atoms with Gasteiger partial charge in [0.1, 0.15) is 40.6 Å². The van der Waals surface area contributed by atoms with Crippen molar-refractivity contribution in [1.82, 2.24) is 24.3 Å². The Morgan fingerprint density at radius 3 is 2.42 bits per heavy atom. The number of ether oxygens (including phenoxy) is 2. The van der Waals surface area contributed by atoms with E-state index < -0.39 is 5.91 Å². The van der Waals surface area contributed by atoms with Crippen molar-refractivity contribution in [3.63, 3.8) is 0 Å². The quantitative estimate of drug-likeness (QED) is 0.289. The Labute approximate surface area is 251 Å². The molecule has 4 aromatic rings.